The lowest BCUT2D eigenvalue weighted by Crippen LogP contribution is -2.42. The predicted octanol–water partition coefficient (Wildman–Crippen LogP) is 1.79. The zero-order chi connectivity index (χ0) is 18.0. The highest BCUT2D eigenvalue weighted by atomic mass is 16.5. The summed E-state index contributed by atoms with van der Waals surface area (Å²) in [6.07, 6.45) is 0.432. The van der Waals surface area contributed by atoms with Crippen LogP contribution in [0.25, 0.3) is 0 Å². The van der Waals surface area contributed by atoms with Gasteiger partial charge in [-0.25, -0.2) is 4.79 Å². The number of nitrogens with zero attached hydrogens (tertiary/aromatic N) is 1. The van der Waals surface area contributed by atoms with Crippen LogP contribution in [-0.2, 0) is 10.3 Å². The number of aryl methyl sites for hydroxylation is 1. The van der Waals surface area contributed by atoms with Crippen molar-refractivity contribution < 1.29 is 23.8 Å². The Hall–Kier alpha value is -2.80. The van der Waals surface area contributed by atoms with Gasteiger partial charge in [0.25, 0.3) is 5.91 Å². The lowest BCUT2D eigenvalue weighted by molar-refractivity contribution is -0.132. The number of hydrogen-bond donors (Lipinski definition) is 2. The van der Waals surface area contributed by atoms with Gasteiger partial charge in [0.2, 0.25) is 0 Å². The van der Waals surface area contributed by atoms with Gasteiger partial charge in [0, 0.05) is 0 Å². The molecular formula is C18H20N2O5. The number of aliphatic hydroxyl groups excluding tert-OH is 1. The Morgan fingerprint density at radius 2 is 2.12 bits per heavy atom. The van der Waals surface area contributed by atoms with Crippen molar-refractivity contribution >= 4 is 11.9 Å². The van der Waals surface area contributed by atoms with Crippen LogP contribution in [0.3, 0.4) is 0 Å². The molecule has 3 rings (SSSR count). The van der Waals surface area contributed by atoms with Gasteiger partial charge in [0.05, 0.1) is 12.8 Å². The molecule has 3 amide bonds. The topological polar surface area (TPSA) is 92.0 Å². The summed E-state index contributed by atoms with van der Waals surface area (Å²) in [6.45, 7) is 3.32. The van der Waals surface area contributed by atoms with E-state index in [1.54, 1.807) is 25.1 Å². The van der Waals surface area contributed by atoms with E-state index in [0.717, 1.165) is 10.5 Å². The van der Waals surface area contributed by atoms with Crippen molar-refractivity contribution in [1.29, 1.82) is 0 Å². The van der Waals surface area contributed by atoms with E-state index >= 15 is 0 Å². The Labute approximate surface area is 145 Å². The summed E-state index contributed by atoms with van der Waals surface area (Å²) in [5.74, 6) is 0.498. The predicted molar refractivity (Wildman–Crippen MR) is 89.0 cm³/mol. The summed E-state index contributed by atoms with van der Waals surface area (Å²) in [6, 6.07) is 10.1. The van der Waals surface area contributed by atoms with Crippen LogP contribution in [0.1, 0.15) is 18.2 Å². The summed E-state index contributed by atoms with van der Waals surface area (Å²) in [4.78, 5) is 25.8. The number of furan rings is 1. The zero-order valence-corrected chi connectivity index (χ0v) is 14.1. The van der Waals surface area contributed by atoms with Crippen LogP contribution < -0.4 is 10.1 Å². The average molecular weight is 344 g/mol. The molecule has 1 aromatic carbocycles. The van der Waals surface area contributed by atoms with Gasteiger partial charge in [0.1, 0.15) is 24.2 Å². The van der Waals surface area contributed by atoms with Crippen molar-refractivity contribution in [3.8, 4) is 5.75 Å². The number of benzene rings is 1. The molecule has 0 unspecified atom stereocenters. The molecule has 1 saturated heterocycles. The minimum atomic E-state index is -1.27. The first kappa shape index (κ1) is 17.0. The number of carbonyl (C=O) groups excluding carboxylic acids is 2. The third-order valence-electron chi connectivity index (χ3n) is 4.11. The SMILES string of the molecule is Cc1cccc(OC[C@H](O)CN2C(=O)N[C@](C)(c3ccco3)C2=O)c1. The minimum Gasteiger partial charge on any atom is -0.491 e. The third-order valence-corrected chi connectivity index (χ3v) is 4.11. The molecule has 132 valence electrons. The van der Waals surface area contributed by atoms with E-state index < -0.39 is 23.6 Å². The van der Waals surface area contributed by atoms with Crippen molar-refractivity contribution in [2.24, 2.45) is 0 Å². The summed E-state index contributed by atoms with van der Waals surface area (Å²) in [5, 5.41) is 12.8. The molecule has 7 heteroatoms. The second-order valence-corrected chi connectivity index (χ2v) is 6.23. The number of ether oxygens (including phenoxy) is 1. The maximum atomic E-state index is 12.6. The van der Waals surface area contributed by atoms with Gasteiger partial charge >= 0.3 is 6.03 Å². The maximum absolute atomic E-state index is 12.6. The van der Waals surface area contributed by atoms with Crippen LogP contribution in [0, 0.1) is 6.92 Å². The van der Waals surface area contributed by atoms with Gasteiger partial charge in [0.15, 0.2) is 5.54 Å². The second kappa shape index (κ2) is 6.60. The summed E-state index contributed by atoms with van der Waals surface area (Å²) < 4.78 is 10.8. The number of rotatable bonds is 6. The van der Waals surface area contributed by atoms with Gasteiger partial charge in [-0.05, 0) is 43.7 Å². The first-order valence-corrected chi connectivity index (χ1v) is 7.96. The lowest BCUT2D eigenvalue weighted by Gasteiger charge is -2.20. The fraction of sp³-hybridized carbons (Fsp3) is 0.333. The van der Waals surface area contributed by atoms with Crippen molar-refractivity contribution in [2.45, 2.75) is 25.5 Å². The smallest absolute Gasteiger partial charge is 0.325 e. The number of nitrogens with one attached hydrogen (secondary N) is 1. The van der Waals surface area contributed by atoms with Crippen molar-refractivity contribution in [3.63, 3.8) is 0 Å². The van der Waals surface area contributed by atoms with Gasteiger partial charge < -0.3 is 19.6 Å². The highest BCUT2D eigenvalue weighted by Crippen LogP contribution is 2.29. The largest absolute Gasteiger partial charge is 0.491 e. The van der Waals surface area contributed by atoms with Gasteiger partial charge in [-0.3, -0.25) is 9.69 Å². The van der Waals surface area contributed by atoms with Crippen LogP contribution in [-0.4, -0.2) is 41.2 Å². The van der Waals surface area contributed by atoms with E-state index in [1.807, 2.05) is 25.1 Å². The second-order valence-electron chi connectivity index (χ2n) is 6.23. The summed E-state index contributed by atoms with van der Waals surface area (Å²) >= 11 is 0. The van der Waals surface area contributed by atoms with Gasteiger partial charge in [-0.1, -0.05) is 12.1 Å². The first-order valence-electron chi connectivity index (χ1n) is 7.96. The lowest BCUT2D eigenvalue weighted by atomic mass is 9.99. The Bertz CT molecular complexity index is 774. The number of amides is 3. The highest BCUT2D eigenvalue weighted by Gasteiger charge is 2.51. The van der Waals surface area contributed by atoms with Gasteiger partial charge in [-0.15, -0.1) is 0 Å². The van der Waals surface area contributed by atoms with Crippen LogP contribution in [0.5, 0.6) is 5.75 Å². The summed E-state index contributed by atoms with van der Waals surface area (Å²) in [7, 11) is 0. The molecule has 0 spiro atoms. The van der Waals surface area contributed by atoms with Crippen LogP contribution >= 0.6 is 0 Å². The summed E-state index contributed by atoms with van der Waals surface area (Å²) in [5.41, 5.74) is -0.229. The quantitative estimate of drug-likeness (QED) is 0.780. The molecule has 2 N–H and O–H groups in total. The number of aliphatic hydroxyl groups is 1. The standard InChI is InChI=1S/C18H20N2O5/c1-12-5-3-6-14(9-12)25-11-13(21)10-20-16(22)18(2,19-17(20)23)15-7-4-8-24-15/h3-9,13,21H,10-11H2,1-2H3,(H,19,23)/t13-,18-/m1/s1. The molecule has 1 aliphatic rings. The monoisotopic (exact) mass is 344 g/mol. The molecule has 0 aliphatic carbocycles. The van der Waals surface area contributed by atoms with E-state index in [0.29, 0.717) is 11.5 Å². The fourth-order valence-electron chi connectivity index (χ4n) is 2.75. The highest BCUT2D eigenvalue weighted by molar-refractivity contribution is 6.06. The van der Waals surface area contributed by atoms with E-state index in [4.69, 9.17) is 9.15 Å². The maximum Gasteiger partial charge on any atom is 0.325 e. The Balaban J connectivity index is 1.62. The van der Waals surface area contributed by atoms with E-state index in [1.165, 1.54) is 6.26 Å². The third kappa shape index (κ3) is 3.36. The number of carbonyl (C=O) groups is 2. The molecule has 2 aromatic rings. The molecule has 1 aromatic heterocycles. The molecule has 0 saturated carbocycles. The van der Waals surface area contributed by atoms with Crippen LogP contribution in [0.15, 0.2) is 47.1 Å². The number of imide groups is 1. The van der Waals surface area contributed by atoms with Crippen molar-refractivity contribution in [3.05, 3.63) is 54.0 Å². The van der Waals surface area contributed by atoms with Crippen molar-refractivity contribution in [2.75, 3.05) is 13.2 Å². The van der Waals surface area contributed by atoms with E-state index in [2.05, 4.69) is 5.32 Å². The van der Waals surface area contributed by atoms with E-state index in [9.17, 15) is 14.7 Å². The van der Waals surface area contributed by atoms with Crippen LogP contribution in [0.4, 0.5) is 4.79 Å². The Kier molecular flexibility index (Phi) is 4.50. The van der Waals surface area contributed by atoms with E-state index in [-0.39, 0.29) is 13.2 Å². The molecule has 0 radical (unpaired) electrons. The van der Waals surface area contributed by atoms with Gasteiger partial charge in [-0.2, -0.15) is 0 Å². The number of β-amino-alcohol motifs (C(OH)–C–C–N with tert-alkyl or cyclic N) is 1. The minimum absolute atomic E-state index is 0.0298. The zero-order valence-electron chi connectivity index (χ0n) is 14.1. The molecule has 0 bridgehead atoms. The molecule has 1 fully saturated rings. The molecule has 7 nitrogen and oxygen atoms in total. The van der Waals surface area contributed by atoms with Crippen molar-refractivity contribution in [1.82, 2.24) is 10.2 Å². The van der Waals surface area contributed by atoms with Crippen LogP contribution in [0.2, 0.25) is 0 Å². The first-order chi connectivity index (χ1) is 11.9. The molecule has 25 heavy (non-hydrogen) atoms. The fourth-order valence-corrected chi connectivity index (χ4v) is 2.75. The number of hydrogen-bond acceptors (Lipinski definition) is 5. The Morgan fingerprint density at radius 1 is 1.32 bits per heavy atom. The average Bonchev–Trinajstić information content (AvgIpc) is 3.18. The molecule has 2 atom stereocenters. The number of urea groups is 1. The normalized spacial score (nSPS) is 21.3. The molecule has 1 aliphatic heterocycles. The molecular weight excluding hydrogens is 324 g/mol. The molecule has 2 heterocycles. The Morgan fingerprint density at radius 3 is 2.80 bits per heavy atom.